The maximum absolute atomic E-state index is 13.1. The number of hydrogen-bond donors (Lipinski definition) is 1. The number of aromatic nitrogens is 3. The Labute approximate surface area is 153 Å². The molecule has 0 atom stereocenters. The number of rotatable bonds is 6. The molecule has 8 heteroatoms. The van der Waals surface area contributed by atoms with E-state index in [9.17, 15) is 14.0 Å². The number of nitrogens with zero attached hydrogens (tertiary/aromatic N) is 3. The quantitative estimate of drug-likeness (QED) is 0.674. The van der Waals surface area contributed by atoms with Gasteiger partial charge in [0.1, 0.15) is 12.1 Å². The number of ketones is 1. The number of hydrogen-bond acceptors (Lipinski definition) is 4. The molecule has 3 aromatic rings. The normalized spacial score (nSPS) is 10.5. The van der Waals surface area contributed by atoms with E-state index < -0.39 is 5.82 Å². The van der Waals surface area contributed by atoms with Crippen LogP contribution in [0.25, 0.3) is 0 Å². The van der Waals surface area contributed by atoms with Crippen LogP contribution in [0.5, 0.6) is 0 Å². The number of nitrogens with one attached hydrogen (secondary N) is 1. The van der Waals surface area contributed by atoms with Crippen LogP contribution in [0.15, 0.2) is 54.9 Å². The van der Waals surface area contributed by atoms with E-state index in [1.165, 1.54) is 35.5 Å². The molecule has 26 heavy (non-hydrogen) atoms. The standard InChI is InChI=1S/C18H14ClFN4O2/c19-13-3-7-15(8-4-13)24(18(26)9-17-21-11-22-23-17)10-16(25)12-1-5-14(20)6-2-12/h1-8,11H,9-10H2,(H,21,22,23). The molecular weight excluding hydrogens is 359 g/mol. The van der Waals surface area contributed by atoms with Crippen LogP contribution in [0.2, 0.25) is 5.02 Å². The first-order valence-electron chi connectivity index (χ1n) is 7.72. The third-order valence-corrected chi connectivity index (χ3v) is 3.93. The van der Waals surface area contributed by atoms with Crippen LogP contribution in [0.3, 0.4) is 0 Å². The number of anilines is 1. The highest BCUT2D eigenvalue weighted by molar-refractivity contribution is 6.30. The van der Waals surface area contributed by atoms with Gasteiger partial charge in [-0.05, 0) is 48.5 Å². The molecule has 0 aliphatic heterocycles. The molecular formula is C18H14ClFN4O2. The molecule has 0 unspecified atom stereocenters. The summed E-state index contributed by atoms with van der Waals surface area (Å²) < 4.78 is 13.1. The predicted molar refractivity (Wildman–Crippen MR) is 94.6 cm³/mol. The van der Waals surface area contributed by atoms with Crippen LogP contribution in [0.1, 0.15) is 16.2 Å². The van der Waals surface area contributed by atoms with Crippen molar-refractivity contribution in [3.05, 3.63) is 77.1 Å². The summed E-state index contributed by atoms with van der Waals surface area (Å²) in [5, 5.41) is 6.92. The molecule has 0 saturated carbocycles. The van der Waals surface area contributed by atoms with Crippen LogP contribution >= 0.6 is 11.6 Å². The van der Waals surface area contributed by atoms with Gasteiger partial charge in [-0.25, -0.2) is 9.37 Å². The molecule has 132 valence electrons. The number of halogens is 2. The average Bonchev–Trinajstić information content (AvgIpc) is 3.14. The number of carbonyl (C=O) groups excluding carboxylic acids is 2. The van der Waals surface area contributed by atoms with Crippen LogP contribution in [-0.2, 0) is 11.2 Å². The number of carbonyl (C=O) groups is 2. The molecule has 0 aliphatic rings. The molecule has 1 heterocycles. The molecule has 6 nitrogen and oxygen atoms in total. The van der Waals surface area contributed by atoms with Crippen molar-refractivity contribution in [1.82, 2.24) is 15.2 Å². The smallest absolute Gasteiger partial charge is 0.235 e. The van der Waals surface area contributed by atoms with Gasteiger partial charge in [-0.3, -0.25) is 14.7 Å². The van der Waals surface area contributed by atoms with Gasteiger partial charge in [-0.1, -0.05) is 11.6 Å². The predicted octanol–water partition coefficient (Wildman–Crippen LogP) is 3.06. The lowest BCUT2D eigenvalue weighted by Gasteiger charge is -2.22. The molecule has 0 spiro atoms. The second-order valence-electron chi connectivity index (χ2n) is 5.48. The van der Waals surface area contributed by atoms with Gasteiger partial charge in [0.05, 0.1) is 13.0 Å². The second kappa shape index (κ2) is 7.88. The highest BCUT2D eigenvalue weighted by Crippen LogP contribution is 2.19. The Hall–Kier alpha value is -3.06. The number of benzene rings is 2. The van der Waals surface area contributed by atoms with Crippen molar-refractivity contribution >= 4 is 29.0 Å². The first-order chi connectivity index (χ1) is 12.5. The summed E-state index contributed by atoms with van der Waals surface area (Å²) in [5.41, 5.74) is 0.835. The Morgan fingerprint density at radius 2 is 1.77 bits per heavy atom. The Balaban J connectivity index is 1.84. The van der Waals surface area contributed by atoms with Gasteiger partial charge in [-0.2, -0.15) is 5.10 Å². The topological polar surface area (TPSA) is 79.0 Å². The van der Waals surface area contributed by atoms with Gasteiger partial charge in [0.2, 0.25) is 5.91 Å². The Bertz CT molecular complexity index is 896. The summed E-state index contributed by atoms with van der Waals surface area (Å²) in [4.78, 5) is 30.5. The zero-order chi connectivity index (χ0) is 18.5. The molecule has 1 N–H and O–H groups in total. The van der Waals surface area contributed by atoms with E-state index in [-0.39, 0.29) is 24.7 Å². The first kappa shape index (κ1) is 17.8. The molecule has 2 aromatic carbocycles. The van der Waals surface area contributed by atoms with Gasteiger partial charge in [0.25, 0.3) is 0 Å². The first-order valence-corrected chi connectivity index (χ1v) is 8.10. The van der Waals surface area contributed by atoms with E-state index in [1.54, 1.807) is 24.3 Å². The minimum absolute atomic E-state index is 0.0666. The maximum Gasteiger partial charge on any atom is 0.235 e. The minimum Gasteiger partial charge on any atom is -0.304 e. The van der Waals surface area contributed by atoms with Crippen molar-refractivity contribution in [1.29, 1.82) is 0 Å². The van der Waals surface area contributed by atoms with E-state index >= 15 is 0 Å². The molecule has 0 saturated heterocycles. The summed E-state index contributed by atoms with van der Waals surface area (Å²) in [6.07, 6.45) is 1.31. The van der Waals surface area contributed by atoms with Gasteiger partial charge in [0, 0.05) is 16.3 Å². The lowest BCUT2D eigenvalue weighted by Crippen LogP contribution is -2.37. The zero-order valence-corrected chi connectivity index (χ0v) is 14.3. The van der Waals surface area contributed by atoms with Gasteiger partial charge in [-0.15, -0.1) is 0 Å². The van der Waals surface area contributed by atoms with Crippen LogP contribution in [0.4, 0.5) is 10.1 Å². The molecule has 3 rings (SSSR count). The lowest BCUT2D eigenvalue weighted by atomic mass is 10.1. The van der Waals surface area contributed by atoms with E-state index in [1.807, 2.05) is 0 Å². The van der Waals surface area contributed by atoms with Crippen molar-refractivity contribution in [2.45, 2.75) is 6.42 Å². The average molecular weight is 373 g/mol. The largest absolute Gasteiger partial charge is 0.304 e. The molecule has 0 aliphatic carbocycles. The number of aromatic amines is 1. The Kier molecular flexibility index (Phi) is 5.38. The number of amides is 1. The van der Waals surface area contributed by atoms with Gasteiger partial charge < -0.3 is 4.90 Å². The van der Waals surface area contributed by atoms with Gasteiger partial charge in [0.15, 0.2) is 11.6 Å². The van der Waals surface area contributed by atoms with Crippen molar-refractivity contribution in [3.8, 4) is 0 Å². The third kappa shape index (κ3) is 4.31. The van der Waals surface area contributed by atoms with Crippen LogP contribution < -0.4 is 4.90 Å². The zero-order valence-electron chi connectivity index (χ0n) is 13.5. The van der Waals surface area contributed by atoms with E-state index in [0.717, 1.165) is 0 Å². The van der Waals surface area contributed by atoms with E-state index in [4.69, 9.17) is 11.6 Å². The highest BCUT2D eigenvalue weighted by atomic mass is 35.5. The van der Waals surface area contributed by atoms with E-state index in [2.05, 4.69) is 15.2 Å². The summed E-state index contributed by atoms with van der Waals surface area (Å²) in [5.74, 6) is -0.773. The summed E-state index contributed by atoms with van der Waals surface area (Å²) in [6, 6.07) is 11.7. The molecule has 1 amide bonds. The van der Waals surface area contributed by atoms with Crippen molar-refractivity contribution in [2.75, 3.05) is 11.4 Å². The van der Waals surface area contributed by atoms with Crippen molar-refractivity contribution in [3.63, 3.8) is 0 Å². The lowest BCUT2D eigenvalue weighted by molar-refractivity contribution is -0.118. The fraction of sp³-hybridized carbons (Fsp3) is 0.111. The van der Waals surface area contributed by atoms with E-state index in [0.29, 0.717) is 22.1 Å². The Morgan fingerprint density at radius 1 is 1.08 bits per heavy atom. The molecule has 0 fully saturated rings. The van der Waals surface area contributed by atoms with Crippen molar-refractivity contribution < 1.29 is 14.0 Å². The minimum atomic E-state index is -0.434. The van der Waals surface area contributed by atoms with Crippen LogP contribution in [0, 0.1) is 5.82 Å². The number of Topliss-reactive ketones (excluding diaryl/α,β-unsaturated/α-hetero) is 1. The fourth-order valence-electron chi connectivity index (χ4n) is 2.37. The molecule has 0 radical (unpaired) electrons. The third-order valence-electron chi connectivity index (χ3n) is 3.68. The summed E-state index contributed by atoms with van der Waals surface area (Å²) >= 11 is 5.90. The van der Waals surface area contributed by atoms with Gasteiger partial charge >= 0.3 is 0 Å². The monoisotopic (exact) mass is 372 g/mol. The highest BCUT2D eigenvalue weighted by Gasteiger charge is 2.21. The number of H-pyrrole nitrogens is 1. The SMILES string of the molecule is O=C(CN(C(=O)Cc1nc[nH]n1)c1ccc(Cl)cc1)c1ccc(F)cc1. The summed E-state index contributed by atoms with van der Waals surface area (Å²) in [7, 11) is 0. The van der Waals surface area contributed by atoms with Crippen LogP contribution in [-0.4, -0.2) is 33.4 Å². The second-order valence-corrected chi connectivity index (χ2v) is 5.91. The summed E-state index contributed by atoms with van der Waals surface area (Å²) in [6.45, 7) is -0.198. The maximum atomic E-state index is 13.1. The molecule has 1 aromatic heterocycles. The van der Waals surface area contributed by atoms with Crippen molar-refractivity contribution in [2.24, 2.45) is 0 Å². The fourth-order valence-corrected chi connectivity index (χ4v) is 2.49. The Morgan fingerprint density at radius 3 is 2.38 bits per heavy atom. The molecule has 0 bridgehead atoms.